The summed E-state index contributed by atoms with van der Waals surface area (Å²) in [5, 5.41) is 0. The second kappa shape index (κ2) is 11.7. The molecule has 0 saturated heterocycles. The van der Waals surface area contributed by atoms with E-state index in [1.165, 1.54) is 57.8 Å². The van der Waals surface area contributed by atoms with Crippen LogP contribution in [0.5, 0.6) is 0 Å². The first-order valence-corrected chi connectivity index (χ1v) is 8.30. The van der Waals surface area contributed by atoms with Gasteiger partial charge in [0.05, 0.1) is 0 Å². The van der Waals surface area contributed by atoms with Gasteiger partial charge in [0.25, 0.3) is 0 Å². The molecule has 0 heterocycles. The topological polar surface area (TPSA) is 18.5 Å². The Kier molecular flexibility index (Phi) is 11.7. The van der Waals surface area contributed by atoms with Crippen LogP contribution in [0.4, 0.5) is 0 Å². The minimum absolute atomic E-state index is 0.362. The number of hydrogen-bond acceptors (Lipinski definition) is 2. The fraction of sp³-hybridized carbons (Fsp3) is 1.00. The quantitative estimate of drug-likeness (QED) is 0.323. The van der Waals surface area contributed by atoms with Crippen molar-refractivity contribution in [3.8, 4) is 0 Å². The highest BCUT2D eigenvalue weighted by atomic mass is 16.7. The van der Waals surface area contributed by atoms with E-state index in [2.05, 4.69) is 20.8 Å². The molecule has 0 aliphatic heterocycles. The zero-order chi connectivity index (χ0) is 14.6. The van der Waals surface area contributed by atoms with Gasteiger partial charge in [0.2, 0.25) is 0 Å². The molecule has 0 amide bonds. The Morgan fingerprint density at radius 1 is 0.737 bits per heavy atom. The zero-order valence-corrected chi connectivity index (χ0v) is 14.0. The fourth-order valence-corrected chi connectivity index (χ4v) is 3.10. The van der Waals surface area contributed by atoms with E-state index in [1.54, 1.807) is 14.2 Å². The van der Waals surface area contributed by atoms with Crippen LogP contribution < -0.4 is 0 Å². The van der Waals surface area contributed by atoms with E-state index in [-0.39, 0.29) is 5.79 Å². The monoisotopic (exact) mass is 272 g/mol. The van der Waals surface area contributed by atoms with E-state index >= 15 is 0 Å². The highest BCUT2D eigenvalue weighted by Crippen LogP contribution is 2.34. The molecule has 0 saturated carbocycles. The van der Waals surface area contributed by atoms with E-state index in [4.69, 9.17) is 9.47 Å². The lowest BCUT2D eigenvalue weighted by Gasteiger charge is -2.38. The normalized spacial score (nSPS) is 13.7. The van der Waals surface area contributed by atoms with Crippen LogP contribution in [0.2, 0.25) is 0 Å². The molecule has 0 aliphatic rings. The van der Waals surface area contributed by atoms with Crippen LogP contribution in [0.1, 0.15) is 85.0 Å². The van der Waals surface area contributed by atoms with Crippen molar-refractivity contribution in [1.29, 1.82) is 0 Å². The summed E-state index contributed by atoms with van der Waals surface area (Å²) in [6, 6.07) is 0. The number of unbranched alkanes of at least 4 members (excludes halogenated alkanes) is 5. The molecule has 0 rings (SSSR count). The predicted octanol–water partition coefficient (Wildman–Crippen LogP) is 5.55. The zero-order valence-electron chi connectivity index (χ0n) is 14.0. The van der Waals surface area contributed by atoms with Gasteiger partial charge in [-0.2, -0.15) is 0 Å². The maximum absolute atomic E-state index is 5.72. The standard InChI is InChI=1S/C17H36O2/c1-6-9-10-11-12-13-15-16(14-7-2)17(8-3,18-4)19-5/h16H,6-15H2,1-5H3. The molecule has 0 fully saturated rings. The van der Waals surface area contributed by atoms with Crippen LogP contribution in [0.25, 0.3) is 0 Å². The van der Waals surface area contributed by atoms with Crippen molar-refractivity contribution in [2.24, 2.45) is 5.92 Å². The summed E-state index contributed by atoms with van der Waals surface area (Å²) in [6.45, 7) is 6.68. The summed E-state index contributed by atoms with van der Waals surface area (Å²) in [5.41, 5.74) is 0. The van der Waals surface area contributed by atoms with Gasteiger partial charge in [-0.1, -0.05) is 65.7 Å². The molecule has 0 radical (unpaired) electrons. The van der Waals surface area contributed by atoms with Crippen LogP contribution in [0, 0.1) is 5.92 Å². The van der Waals surface area contributed by atoms with Gasteiger partial charge in [0.1, 0.15) is 0 Å². The lowest BCUT2D eigenvalue weighted by molar-refractivity contribution is -0.244. The van der Waals surface area contributed by atoms with Gasteiger partial charge in [0, 0.05) is 20.1 Å². The van der Waals surface area contributed by atoms with Crippen molar-refractivity contribution in [3.63, 3.8) is 0 Å². The molecule has 1 unspecified atom stereocenters. The molecular formula is C17H36O2. The molecule has 1 atom stereocenters. The maximum atomic E-state index is 5.72. The lowest BCUT2D eigenvalue weighted by Crippen LogP contribution is -2.41. The van der Waals surface area contributed by atoms with E-state index in [0.717, 1.165) is 6.42 Å². The van der Waals surface area contributed by atoms with Gasteiger partial charge in [-0.05, 0) is 19.3 Å². The highest BCUT2D eigenvalue weighted by Gasteiger charge is 2.36. The highest BCUT2D eigenvalue weighted by molar-refractivity contribution is 4.78. The molecule has 2 heteroatoms. The SMILES string of the molecule is CCCCCCCCC(CCC)C(CC)(OC)OC. The summed E-state index contributed by atoms with van der Waals surface area (Å²) in [6.07, 6.45) is 12.7. The van der Waals surface area contributed by atoms with Crippen LogP contribution in [-0.4, -0.2) is 20.0 Å². The van der Waals surface area contributed by atoms with Crippen LogP contribution in [0.15, 0.2) is 0 Å². The number of ether oxygens (including phenoxy) is 2. The second-order valence-electron chi connectivity index (χ2n) is 5.62. The number of hydrogen-bond donors (Lipinski definition) is 0. The number of rotatable bonds is 13. The van der Waals surface area contributed by atoms with E-state index in [9.17, 15) is 0 Å². The summed E-state index contributed by atoms with van der Waals surface area (Å²) in [7, 11) is 3.58. The van der Waals surface area contributed by atoms with Crippen molar-refractivity contribution in [1.82, 2.24) is 0 Å². The van der Waals surface area contributed by atoms with Gasteiger partial charge in [-0.15, -0.1) is 0 Å². The maximum Gasteiger partial charge on any atom is 0.170 e. The van der Waals surface area contributed by atoms with Crippen molar-refractivity contribution in [2.45, 2.75) is 90.8 Å². The van der Waals surface area contributed by atoms with Crippen molar-refractivity contribution >= 4 is 0 Å². The van der Waals surface area contributed by atoms with Gasteiger partial charge in [-0.25, -0.2) is 0 Å². The van der Waals surface area contributed by atoms with E-state index < -0.39 is 0 Å². The third-order valence-corrected chi connectivity index (χ3v) is 4.35. The Labute approximate surface area is 121 Å². The molecule has 0 spiro atoms. The molecule has 0 bridgehead atoms. The summed E-state index contributed by atoms with van der Waals surface area (Å²) >= 11 is 0. The van der Waals surface area contributed by atoms with E-state index in [0.29, 0.717) is 5.92 Å². The Balaban J connectivity index is 4.16. The first-order chi connectivity index (χ1) is 9.20. The van der Waals surface area contributed by atoms with E-state index in [1.807, 2.05) is 0 Å². The second-order valence-corrected chi connectivity index (χ2v) is 5.62. The summed E-state index contributed by atoms with van der Waals surface area (Å²) < 4.78 is 11.4. The van der Waals surface area contributed by atoms with Gasteiger partial charge in [0.15, 0.2) is 5.79 Å². The minimum atomic E-state index is -0.362. The Morgan fingerprint density at radius 2 is 1.32 bits per heavy atom. The van der Waals surface area contributed by atoms with Gasteiger partial charge in [-0.3, -0.25) is 0 Å². The fourth-order valence-electron chi connectivity index (χ4n) is 3.10. The first kappa shape index (κ1) is 18.9. The van der Waals surface area contributed by atoms with Crippen LogP contribution in [0.3, 0.4) is 0 Å². The molecule has 0 aromatic rings. The molecule has 0 N–H and O–H groups in total. The number of methoxy groups -OCH3 is 2. The summed E-state index contributed by atoms with van der Waals surface area (Å²) in [4.78, 5) is 0. The first-order valence-electron chi connectivity index (χ1n) is 8.30. The molecule has 0 aliphatic carbocycles. The molecule has 19 heavy (non-hydrogen) atoms. The van der Waals surface area contributed by atoms with Crippen LogP contribution >= 0.6 is 0 Å². The van der Waals surface area contributed by atoms with Gasteiger partial charge < -0.3 is 9.47 Å². The average Bonchev–Trinajstić information content (AvgIpc) is 2.45. The third-order valence-electron chi connectivity index (χ3n) is 4.35. The minimum Gasteiger partial charge on any atom is -0.353 e. The molecule has 0 aromatic heterocycles. The molecular weight excluding hydrogens is 236 g/mol. The Bertz CT molecular complexity index is 179. The van der Waals surface area contributed by atoms with Crippen molar-refractivity contribution in [3.05, 3.63) is 0 Å². The predicted molar refractivity (Wildman–Crippen MR) is 83.4 cm³/mol. The van der Waals surface area contributed by atoms with Crippen molar-refractivity contribution in [2.75, 3.05) is 14.2 Å². The molecule has 116 valence electrons. The Hall–Kier alpha value is -0.0800. The smallest absolute Gasteiger partial charge is 0.170 e. The Morgan fingerprint density at radius 3 is 1.79 bits per heavy atom. The summed E-state index contributed by atoms with van der Waals surface area (Å²) in [5.74, 6) is 0.170. The molecule has 2 nitrogen and oxygen atoms in total. The largest absolute Gasteiger partial charge is 0.353 e. The lowest BCUT2D eigenvalue weighted by atomic mass is 9.86. The molecule has 0 aromatic carbocycles. The van der Waals surface area contributed by atoms with Gasteiger partial charge >= 0.3 is 0 Å². The van der Waals surface area contributed by atoms with Crippen LogP contribution in [-0.2, 0) is 9.47 Å². The average molecular weight is 272 g/mol. The third kappa shape index (κ3) is 6.76. The van der Waals surface area contributed by atoms with Crippen molar-refractivity contribution < 1.29 is 9.47 Å².